The largest absolute Gasteiger partial charge is 0.459 e. The first-order valence-corrected chi connectivity index (χ1v) is 9.45. The van der Waals surface area contributed by atoms with Gasteiger partial charge in [0.25, 0.3) is 0 Å². The molecule has 26 heavy (non-hydrogen) atoms. The van der Waals surface area contributed by atoms with Crippen LogP contribution in [0.3, 0.4) is 0 Å². The van der Waals surface area contributed by atoms with Crippen molar-refractivity contribution in [3.05, 3.63) is 71.8 Å². The summed E-state index contributed by atoms with van der Waals surface area (Å²) in [5.41, 5.74) is -0.705. The Morgan fingerprint density at radius 3 is 2.19 bits per heavy atom. The highest BCUT2D eigenvalue weighted by Crippen LogP contribution is 2.34. The summed E-state index contributed by atoms with van der Waals surface area (Å²) in [6, 6.07) is 18.2. The van der Waals surface area contributed by atoms with E-state index in [-0.39, 0.29) is 6.10 Å². The maximum atomic E-state index is 13.2. The molecule has 0 aliphatic carbocycles. The second kappa shape index (κ2) is 7.22. The molecule has 0 saturated carbocycles. The van der Waals surface area contributed by atoms with Crippen molar-refractivity contribution in [2.45, 2.75) is 31.0 Å². The predicted molar refractivity (Wildman–Crippen MR) is 99.5 cm³/mol. The molecule has 1 N–H and O–H groups in total. The molecule has 2 fully saturated rings. The van der Waals surface area contributed by atoms with Gasteiger partial charge in [-0.15, -0.1) is 0 Å². The number of hydrogen-bond donors (Lipinski definition) is 1. The fourth-order valence-electron chi connectivity index (χ4n) is 4.28. The molecule has 2 aromatic rings. The number of carbonyl (C=O) groups excluding carboxylic acids is 1. The molecule has 2 saturated heterocycles. The minimum absolute atomic E-state index is 0.113. The normalized spacial score (nSPS) is 25.5. The summed E-state index contributed by atoms with van der Waals surface area (Å²) in [4.78, 5) is 15.7. The number of ether oxygens (including phenoxy) is 1. The second-order valence-electron chi connectivity index (χ2n) is 7.38. The molecule has 2 heterocycles. The van der Waals surface area contributed by atoms with Crippen molar-refractivity contribution in [2.24, 2.45) is 5.92 Å². The molecule has 2 aliphatic rings. The van der Waals surface area contributed by atoms with Crippen LogP contribution in [0.2, 0.25) is 0 Å². The lowest BCUT2D eigenvalue weighted by molar-refractivity contribution is -0.174. The van der Waals surface area contributed by atoms with Gasteiger partial charge in [-0.05, 0) is 36.9 Å². The number of fused-ring (bicyclic) bond motifs is 2. The summed E-state index contributed by atoms with van der Waals surface area (Å²) in [6.45, 7) is 3.10. The van der Waals surface area contributed by atoms with Crippen LogP contribution in [0.1, 0.15) is 30.4 Å². The maximum Gasteiger partial charge on any atom is 0.347 e. The van der Waals surface area contributed by atoms with Crippen LogP contribution in [-0.4, -0.2) is 41.7 Å². The Morgan fingerprint density at radius 2 is 1.58 bits per heavy atom. The third-order valence-corrected chi connectivity index (χ3v) is 5.73. The van der Waals surface area contributed by atoms with Gasteiger partial charge in [-0.3, -0.25) is 0 Å². The molecule has 3 atom stereocenters. The Labute approximate surface area is 154 Å². The standard InChI is InChI=1S/C22H25NO3/c24-21(26-20-13-15-23-14-7-8-17(20)16-23)22(25,18-9-3-1-4-10-18)19-11-5-2-6-12-19/h1-6,9-12,17,20,25H,7-8,13-16H2. The topological polar surface area (TPSA) is 49.8 Å². The van der Waals surface area contributed by atoms with Crippen LogP contribution < -0.4 is 0 Å². The molecule has 4 rings (SSSR count). The Hall–Kier alpha value is -2.17. The van der Waals surface area contributed by atoms with Gasteiger partial charge in [-0.25, -0.2) is 4.79 Å². The molecular weight excluding hydrogens is 326 g/mol. The smallest absolute Gasteiger partial charge is 0.347 e. The van der Waals surface area contributed by atoms with Gasteiger partial charge in [0, 0.05) is 19.0 Å². The van der Waals surface area contributed by atoms with Crippen molar-refractivity contribution in [1.29, 1.82) is 0 Å². The fourth-order valence-corrected chi connectivity index (χ4v) is 4.28. The van der Waals surface area contributed by atoms with Gasteiger partial charge in [-0.1, -0.05) is 60.7 Å². The van der Waals surface area contributed by atoms with Gasteiger partial charge in [0.05, 0.1) is 0 Å². The number of benzene rings is 2. The number of rotatable bonds is 4. The fraction of sp³-hybridized carbons (Fsp3) is 0.409. The second-order valence-corrected chi connectivity index (χ2v) is 7.38. The minimum Gasteiger partial charge on any atom is -0.459 e. The van der Waals surface area contributed by atoms with Crippen molar-refractivity contribution in [2.75, 3.05) is 19.6 Å². The molecule has 0 aromatic heterocycles. The molecule has 3 unspecified atom stereocenters. The van der Waals surface area contributed by atoms with Crippen LogP contribution in [0.4, 0.5) is 0 Å². The first-order valence-electron chi connectivity index (χ1n) is 9.45. The number of piperidine rings is 2. The first kappa shape index (κ1) is 17.3. The Morgan fingerprint density at radius 1 is 0.962 bits per heavy atom. The summed E-state index contributed by atoms with van der Waals surface area (Å²) in [7, 11) is 0. The number of aliphatic hydroxyl groups is 1. The predicted octanol–water partition coefficient (Wildman–Crippen LogP) is 2.95. The van der Waals surface area contributed by atoms with E-state index in [2.05, 4.69) is 4.90 Å². The molecule has 2 aliphatic heterocycles. The van der Waals surface area contributed by atoms with E-state index in [4.69, 9.17) is 4.74 Å². The molecule has 2 aromatic carbocycles. The van der Waals surface area contributed by atoms with E-state index in [1.807, 2.05) is 36.4 Å². The Balaban J connectivity index is 1.63. The number of carbonyl (C=O) groups is 1. The van der Waals surface area contributed by atoms with Gasteiger partial charge in [0.2, 0.25) is 5.60 Å². The molecule has 136 valence electrons. The van der Waals surface area contributed by atoms with Crippen LogP contribution in [0, 0.1) is 5.92 Å². The third-order valence-electron chi connectivity index (χ3n) is 5.73. The zero-order chi connectivity index (χ0) is 18.0. The molecule has 0 amide bonds. The average Bonchev–Trinajstić information content (AvgIpc) is 2.71. The van der Waals surface area contributed by atoms with E-state index in [1.54, 1.807) is 24.3 Å². The van der Waals surface area contributed by atoms with Gasteiger partial charge in [0.15, 0.2) is 0 Å². The lowest BCUT2D eigenvalue weighted by Gasteiger charge is -2.42. The van der Waals surface area contributed by atoms with E-state index < -0.39 is 11.6 Å². The average molecular weight is 351 g/mol. The van der Waals surface area contributed by atoms with Crippen molar-refractivity contribution >= 4 is 5.97 Å². The van der Waals surface area contributed by atoms with Crippen LogP contribution in [0.25, 0.3) is 0 Å². The zero-order valence-electron chi connectivity index (χ0n) is 14.9. The van der Waals surface area contributed by atoms with Gasteiger partial charge < -0.3 is 14.7 Å². The minimum atomic E-state index is -1.78. The highest BCUT2D eigenvalue weighted by atomic mass is 16.6. The van der Waals surface area contributed by atoms with Crippen molar-refractivity contribution in [3.8, 4) is 0 Å². The lowest BCUT2D eigenvalue weighted by Crippen LogP contribution is -2.50. The van der Waals surface area contributed by atoms with Crippen molar-refractivity contribution < 1.29 is 14.6 Å². The van der Waals surface area contributed by atoms with Crippen LogP contribution in [-0.2, 0) is 15.1 Å². The molecule has 0 spiro atoms. The molecule has 0 radical (unpaired) electrons. The molecule has 2 bridgehead atoms. The SMILES string of the molecule is O=C(OC1CCN2CCCC1C2)C(O)(c1ccccc1)c1ccccc1. The van der Waals surface area contributed by atoms with E-state index >= 15 is 0 Å². The van der Waals surface area contributed by atoms with Crippen molar-refractivity contribution in [1.82, 2.24) is 4.90 Å². The van der Waals surface area contributed by atoms with Gasteiger partial charge >= 0.3 is 5.97 Å². The summed E-state index contributed by atoms with van der Waals surface area (Å²) >= 11 is 0. The summed E-state index contributed by atoms with van der Waals surface area (Å²) in [5.74, 6) is -0.198. The summed E-state index contributed by atoms with van der Waals surface area (Å²) < 4.78 is 5.94. The Kier molecular flexibility index (Phi) is 4.79. The summed E-state index contributed by atoms with van der Waals surface area (Å²) in [5, 5.41) is 11.5. The van der Waals surface area contributed by atoms with Crippen LogP contribution >= 0.6 is 0 Å². The Bertz CT molecular complexity index is 707. The first-order chi connectivity index (χ1) is 12.7. The zero-order valence-corrected chi connectivity index (χ0v) is 14.9. The van der Waals surface area contributed by atoms with Gasteiger partial charge in [-0.2, -0.15) is 0 Å². The van der Waals surface area contributed by atoms with E-state index in [0.29, 0.717) is 17.0 Å². The third kappa shape index (κ3) is 3.15. The van der Waals surface area contributed by atoms with E-state index in [1.165, 1.54) is 0 Å². The van der Waals surface area contributed by atoms with Gasteiger partial charge in [0.1, 0.15) is 6.10 Å². The van der Waals surface area contributed by atoms with Crippen molar-refractivity contribution in [3.63, 3.8) is 0 Å². The highest BCUT2D eigenvalue weighted by molar-refractivity contribution is 5.85. The van der Waals surface area contributed by atoms with Crippen LogP contribution in [0.15, 0.2) is 60.7 Å². The molecule has 4 nitrogen and oxygen atoms in total. The number of nitrogens with zero attached hydrogens (tertiary/aromatic N) is 1. The quantitative estimate of drug-likeness (QED) is 0.861. The van der Waals surface area contributed by atoms with E-state index in [0.717, 1.165) is 38.9 Å². The summed E-state index contributed by atoms with van der Waals surface area (Å²) in [6.07, 6.45) is 2.97. The lowest BCUT2D eigenvalue weighted by atomic mass is 9.84. The molecule has 4 heteroatoms. The van der Waals surface area contributed by atoms with Crippen LogP contribution in [0.5, 0.6) is 0 Å². The monoisotopic (exact) mass is 351 g/mol. The number of hydrogen-bond acceptors (Lipinski definition) is 4. The maximum absolute atomic E-state index is 13.2. The highest BCUT2D eigenvalue weighted by Gasteiger charge is 2.44. The number of esters is 1. The van der Waals surface area contributed by atoms with E-state index in [9.17, 15) is 9.90 Å². The molecular formula is C22H25NO3.